The highest BCUT2D eigenvalue weighted by atomic mass is 16.5. The zero-order chi connectivity index (χ0) is 12.1. The van der Waals surface area contributed by atoms with E-state index in [9.17, 15) is 4.79 Å². The van der Waals surface area contributed by atoms with Gasteiger partial charge in [-0.15, -0.1) is 0 Å². The predicted octanol–water partition coefficient (Wildman–Crippen LogP) is 0.505. The van der Waals surface area contributed by atoms with Crippen LogP contribution in [0.25, 0.3) is 0 Å². The van der Waals surface area contributed by atoms with E-state index in [2.05, 4.69) is 20.4 Å². The highest BCUT2D eigenvalue weighted by Gasteiger charge is 2.11. The molecule has 1 aliphatic rings. The Morgan fingerprint density at radius 1 is 1.65 bits per heavy atom. The maximum absolute atomic E-state index is 11.2. The molecule has 17 heavy (non-hydrogen) atoms. The van der Waals surface area contributed by atoms with E-state index in [1.807, 2.05) is 0 Å². The minimum atomic E-state index is -0.468. The lowest BCUT2D eigenvalue weighted by atomic mass is 10.4. The van der Waals surface area contributed by atoms with E-state index in [4.69, 9.17) is 4.42 Å². The normalized spacial score (nSPS) is 14.8. The van der Waals surface area contributed by atoms with Gasteiger partial charge in [-0.25, -0.2) is 4.79 Å². The number of furan rings is 1. The number of methoxy groups -OCH3 is 1. The third kappa shape index (κ3) is 2.99. The Bertz CT molecular complexity index is 425. The molecule has 1 aliphatic heterocycles. The van der Waals surface area contributed by atoms with Crippen LogP contribution in [0.1, 0.15) is 22.7 Å². The number of carbonyl (C=O) groups excluding carboxylic acids is 1. The minimum absolute atomic E-state index is 0.211. The summed E-state index contributed by atoms with van der Waals surface area (Å²) in [4.78, 5) is 15.4. The number of hydrogen-bond acceptors (Lipinski definition) is 6. The Labute approximate surface area is 99.0 Å². The monoisotopic (exact) mass is 237 g/mol. The second kappa shape index (κ2) is 5.38. The van der Waals surface area contributed by atoms with Crippen LogP contribution in [-0.4, -0.2) is 32.1 Å². The van der Waals surface area contributed by atoms with E-state index in [1.54, 1.807) is 12.1 Å². The first-order chi connectivity index (χ1) is 8.29. The van der Waals surface area contributed by atoms with Crippen molar-refractivity contribution in [3.63, 3.8) is 0 Å². The summed E-state index contributed by atoms with van der Waals surface area (Å²) < 4.78 is 9.86. The van der Waals surface area contributed by atoms with E-state index in [-0.39, 0.29) is 5.76 Å². The van der Waals surface area contributed by atoms with Gasteiger partial charge < -0.3 is 19.8 Å². The molecule has 0 aromatic carbocycles. The largest absolute Gasteiger partial charge is 0.463 e. The Balaban J connectivity index is 1.88. The number of guanidine groups is 1. The zero-order valence-corrected chi connectivity index (χ0v) is 9.66. The highest BCUT2D eigenvalue weighted by Crippen LogP contribution is 2.08. The molecule has 1 aromatic rings. The SMILES string of the molecule is COC(=O)c1ccc(CNC2=NCCCN2)o1. The molecule has 2 N–H and O–H groups in total. The van der Waals surface area contributed by atoms with Gasteiger partial charge in [-0.1, -0.05) is 0 Å². The maximum atomic E-state index is 11.2. The minimum Gasteiger partial charge on any atom is -0.463 e. The maximum Gasteiger partial charge on any atom is 0.373 e. The van der Waals surface area contributed by atoms with Gasteiger partial charge in [0.1, 0.15) is 5.76 Å². The van der Waals surface area contributed by atoms with Crippen molar-refractivity contribution in [2.24, 2.45) is 4.99 Å². The molecule has 0 amide bonds. The molecule has 6 heteroatoms. The van der Waals surface area contributed by atoms with E-state index in [0.29, 0.717) is 12.3 Å². The van der Waals surface area contributed by atoms with Crippen molar-refractivity contribution < 1.29 is 13.9 Å². The fourth-order valence-corrected chi connectivity index (χ4v) is 1.51. The van der Waals surface area contributed by atoms with Gasteiger partial charge in [0.05, 0.1) is 13.7 Å². The molecule has 92 valence electrons. The van der Waals surface area contributed by atoms with Crippen LogP contribution in [0.3, 0.4) is 0 Å². The number of carbonyl (C=O) groups is 1. The molecule has 2 heterocycles. The Kier molecular flexibility index (Phi) is 3.64. The second-order valence-corrected chi connectivity index (χ2v) is 3.62. The van der Waals surface area contributed by atoms with Crippen molar-refractivity contribution in [1.82, 2.24) is 10.6 Å². The number of hydrogen-bond donors (Lipinski definition) is 2. The first kappa shape index (κ1) is 11.5. The third-order valence-electron chi connectivity index (χ3n) is 2.38. The summed E-state index contributed by atoms with van der Waals surface area (Å²) in [6.07, 6.45) is 1.05. The fraction of sp³-hybridized carbons (Fsp3) is 0.455. The average Bonchev–Trinajstić information content (AvgIpc) is 2.85. The smallest absolute Gasteiger partial charge is 0.373 e. The van der Waals surface area contributed by atoms with E-state index in [0.717, 1.165) is 25.5 Å². The summed E-state index contributed by atoms with van der Waals surface area (Å²) in [5.41, 5.74) is 0. The molecule has 0 saturated carbocycles. The summed E-state index contributed by atoms with van der Waals surface area (Å²) in [5.74, 6) is 1.18. The summed E-state index contributed by atoms with van der Waals surface area (Å²) in [6.45, 7) is 2.25. The molecule has 0 aliphatic carbocycles. The molecule has 1 aromatic heterocycles. The number of esters is 1. The molecule has 0 spiro atoms. The van der Waals surface area contributed by atoms with Crippen molar-refractivity contribution in [2.45, 2.75) is 13.0 Å². The molecule has 6 nitrogen and oxygen atoms in total. The lowest BCUT2D eigenvalue weighted by Crippen LogP contribution is -2.40. The van der Waals surface area contributed by atoms with Crippen LogP contribution in [-0.2, 0) is 11.3 Å². The van der Waals surface area contributed by atoms with Crippen LogP contribution in [0.15, 0.2) is 21.5 Å². The molecule has 0 saturated heterocycles. The molecular formula is C11H15N3O3. The van der Waals surface area contributed by atoms with Gasteiger partial charge in [0.15, 0.2) is 5.96 Å². The Morgan fingerprint density at radius 3 is 3.24 bits per heavy atom. The van der Waals surface area contributed by atoms with Gasteiger partial charge in [-0.05, 0) is 18.6 Å². The molecule has 0 radical (unpaired) electrons. The third-order valence-corrected chi connectivity index (χ3v) is 2.38. The van der Waals surface area contributed by atoms with E-state index < -0.39 is 5.97 Å². The van der Waals surface area contributed by atoms with Crippen LogP contribution in [0.4, 0.5) is 0 Å². The number of aliphatic imine (C=N–C) groups is 1. The molecule has 0 bridgehead atoms. The molecular weight excluding hydrogens is 222 g/mol. The van der Waals surface area contributed by atoms with Gasteiger partial charge in [0.2, 0.25) is 5.76 Å². The highest BCUT2D eigenvalue weighted by molar-refractivity contribution is 5.86. The zero-order valence-electron chi connectivity index (χ0n) is 9.66. The summed E-state index contributed by atoms with van der Waals surface area (Å²) in [7, 11) is 1.32. The van der Waals surface area contributed by atoms with Crippen LogP contribution in [0.5, 0.6) is 0 Å². The lowest BCUT2D eigenvalue weighted by Gasteiger charge is -2.15. The quantitative estimate of drug-likeness (QED) is 0.749. The van der Waals surface area contributed by atoms with Gasteiger partial charge >= 0.3 is 5.97 Å². The van der Waals surface area contributed by atoms with Crippen LogP contribution < -0.4 is 10.6 Å². The second-order valence-electron chi connectivity index (χ2n) is 3.62. The van der Waals surface area contributed by atoms with Gasteiger partial charge in [-0.2, -0.15) is 0 Å². The molecule has 2 rings (SSSR count). The number of rotatable bonds is 3. The standard InChI is InChI=1S/C11H15N3O3/c1-16-10(15)9-4-3-8(17-9)7-14-11-12-5-2-6-13-11/h3-4H,2,5-7H2,1H3,(H2,12,13,14). The van der Waals surface area contributed by atoms with Gasteiger partial charge in [-0.3, -0.25) is 4.99 Å². The van der Waals surface area contributed by atoms with Crippen LogP contribution in [0.2, 0.25) is 0 Å². The molecule has 0 unspecified atom stereocenters. The Hall–Kier alpha value is -1.98. The number of nitrogens with zero attached hydrogens (tertiary/aromatic N) is 1. The summed E-state index contributed by atoms with van der Waals surface area (Å²) >= 11 is 0. The van der Waals surface area contributed by atoms with Crippen molar-refractivity contribution in [2.75, 3.05) is 20.2 Å². The summed E-state index contributed by atoms with van der Waals surface area (Å²) in [5, 5.41) is 6.24. The fourth-order valence-electron chi connectivity index (χ4n) is 1.51. The van der Waals surface area contributed by atoms with Crippen LogP contribution in [0, 0.1) is 0 Å². The van der Waals surface area contributed by atoms with Crippen molar-refractivity contribution in [3.05, 3.63) is 23.7 Å². The van der Waals surface area contributed by atoms with E-state index >= 15 is 0 Å². The first-order valence-electron chi connectivity index (χ1n) is 5.49. The van der Waals surface area contributed by atoms with Crippen LogP contribution >= 0.6 is 0 Å². The lowest BCUT2D eigenvalue weighted by molar-refractivity contribution is 0.0563. The van der Waals surface area contributed by atoms with Crippen molar-refractivity contribution in [3.8, 4) is 0 Å². The van der Waals surface area contributed by atoms with Gasteiger partial charge in [0.25, 0.3) is 0 Å². The van der Waals surface area contributed by atoms with Crippen molar-refractivity contribution >= 4 is 11.9 Å². The number of ether oxygens (including phenoxy) is 1. The summed E-state index contributed by atoms with van der Waals surface area (Å²) in [6, 6.07) is 3.33. The topological polar surface area (TPSA) is 75.9 Å². The van der Waals surface area contributed by atoms with Crippen molar-refractivity contribution in [1.29, 1.82) is 0 Å². The predicted molar refractivity (Wildman–Crippen MR) is 61.8 cm³/mol. The Morgan fingerprint density at radius 2 is 2.53 bits per heavy atom. The average molecular weight is 237 g/mol. The van der Waals surface area contributed by atoms with E-state index in [1.165, 1.54) is 7.11 Å². The van der Waals surface area contributed by atoms with Gasteiger partial charge in [0, 0.05) is 13.1 Å². The molecule has 0 atom stereocenters. The first-order valence-corrected chi connectivity index (χ1v) is 5.49. The number of nitrogens with one attached hydrogen (secondary N) is 2. The molecule has 0 fully saturated rings.